The number of benzene rings is 1. The molecule has 1 saturated carbocycles. The molecule has 1 amide bonds. The van der Waals surface area contributed by atoms with Crippen molar-refractivity contribution >= 4 is 17.6 Å². The van der Waals surface area contributed by atoms with Crippen molar-refractivity contribution in [2.75, 3.05) is 5.32 Å². The molecule has 2 aliphatic rings. The van der Waals surface area contributed by atoms with Gasteiger partial charge in [0.1, 0.15) is 11.7 Å². The topological polar surface area (TPSA) is 57.6 Å². The Morgan fingerprint density at radius 3 is 2.37 bits per heavy atom. The zero-order valence-corrected chi connectivity index (χ0v) is 16.6. The first-order chi connectivity index (χ1) is 14.3. The molecule has 0 bridgehead atoms. The van der Waals surface area contributed by atoms with Crippen LogP contribution in [0.15, 0.2) is 53.5 Å². The fourth-order valence-corrected chi connectivity index (χ4v) is 4.13. The number of aromatic nitrogens is 1. The number of amidine groups is 1. The Morgan fingerprint density at radius 1 is 1.03 bits per heavy atom. The van der Waals surface area contributed by atoms with Crippen LogP contribution in [-0.4, -0.2) is 39.5 Å². The van der Waals surface area contributed by atoms with E-state index >= 15 is 0 Å². The molecular formula is C22H23F3N4O. The first-order valence-electron chi connectivity index (χ1n) is 10.1. The first kappa shape index (κ1) is 20.4. The Bertz CT molecular complexity index is 954. The predicted octanol–water partition coefficient (Wildman–Crippen LogP) is 4.68. The quantitative estimate of drug-likeness (QED) is 0.787. The van der Waals surface area contributed by atoms with Crippen LogP contribution in [0.3, 0.4) is 0 Å². The second kappa shape index (κ2) is 7.74. The Kier molecular flexibility index (Phi) is 5.26. The zero-order chi connectivity index (χ0) is 21.4. The molecule has 1 aliphatic carbocycles. The van der Waals surface area contributed by atoms with Gasteiger partial charge < -0.3 is 5.32 Å². The third kappa shape index (κ3) is 3.55. The number of aryl methyl sites for hydroxylation is 1. The average Bonchev–Trinajstić information content (AvgIpc) is 3.03. The van der Waals surface area contributed by atoms with Crippen molar-refractivity contribution in [3.8, 4) is 0 Å². The van der Waals surface area contributed by atoms with Crippen LogP contribution in [0.2, 0.25) is 0 Å². The standard InChI is InChI=1S/C22H23F3N4O/c1-15-9-8-14-18(26-15)27-21(22(23,24)25)20(30)29(17-12-6-3-7-13-17)19(28-21)16-10-4-2-5-11-16/h2,4-5,8-11,14,17H,3,6-7,12-13H2,1H3,(H,26,27)/t21-/m0/s1. The van der Waals surface area contributed by atoms with Crippen LogP contribution in [0.5, 0.6) is 0 Å². The molecule has 0 radical (unpaired) electrons. The lowest BCUT2D eigenvalue weighted by atomic mass is 9.93. The molecule has 8 heteroatoms. The first-order valence-corrected chi connectivity index (χ1v) is 10.1. The van der Waals surface area contributed by atoms with Crippen LogP contribution in [0.25, 0.3) is 0 Å². The summed E-state index contributed by atoms with van der Waals surface area (Å²) in [5.41, 5.74) is -2.07. The Labute approximate surface area is 173 Å². The molecule has 0 unspecified atom stereocenters. The van der Waals surface area contributed by atoms with E-state index in [-0.39, 0.29) is 17.7 Å². The summed E-state index contributed by atoms with van der Waals surface area (Å²) < 4.78 is 43.3. The van der Waals surface area contributed by atoms with Gasteiger partial charge in [0.05, 0.1) is 0 Å². The van der Waals surface area contributed by atoms with Gasteiger partial charge in [-0.05, 0) is 31.9 Å². The number of aliphatic imine (C=N–C) groups is 1. The Hall–Kier alpha value is -2.90. The smallest absolute Gasteiger partial charge is 0.331 e. The minimum atomic E-state index is -4.95. The van der Waals surface area contributed by atoms with Crippen molar-refractivity contribution in [3.63, 3.8) is 0 Å². The van der Waals surface area contributed by atoms with E-state index in [0.29, 0.717) is 24.1 Å². The minimum absolute atomic E-state index is 0.0395. The summed E-state index contributed by atoms with van der Waals surface area (Å²) >= 11 is 0. The van der Waals surface area contributed by atoms with Crippen molar-refractivity contribution in [2.45, 2.75) is 56.9 Å². The fraction of sp³-hybridized carbons (Fsp3) is 0.409. The summed E-state index contributed by atoms with van der Waals surface area (Å²) in [6.45, 7) is 1.68. The highest BCUT2D eigenvalue weighted by atomic mass is 19.4. The van der Waals surface area contributed by atoms with Gasteiger partial charge in [-0.15, -0.1) is 0 Å². The van der Waals surface area contributed by atoms with Gasteiger partial charge in [0.2, 0.25) is 0 Å². The zero-order valence-electron chi connectivity index (χ0n) is 16.6. The van der Waals surface area contributed by atoms with E-state index in [2.05, 4.69) is 15.3 Å². The van der Waals surface area contributed by atoms with E-state index in [1.54, 1.807) is 49.4 Å². The monoisotopic (exact) mass is 416 g/mol. The highest BCUT2D eigenvalue weighted by molar-refractivity contribution is 6.16. The van der Waals surface area contributed by atoms with Gasteiger partial charge in [-0.25, -0.2) is 9.98 Å². The van der Waals surface area contributed by atoms with Gasteiger partial charge >= 0.3 is 11.8 Å². The number of amides is 1. The SMILES string of the molecule is Cc1cccc(N[C@]2(C(F)(F)F)N=C(c3ccccc3)N(C3CCCCC3)C2=O)n1. The molecule has 0 spiro atoms. The normalized spacial score (nSPS) is 22.9. The summed E-state index contributed by atoms with van der Waals surface area (Å²) in [7, 11) is 0. The van der Waals surface area contributed by atoms with E-state index in [1.165, 1.54) is 11.0 Å². The van der Waals surface area contributed by atoms with Crippen molar-refractivity contribution < 1.29 is 18.0 Å². The number of alkyl halides is 3. The second-order valence-electron chi connectivity index (χ2n) is 7.77. The van der Waals surface area contributed by atoms with E-state index in [4.69, 9.17) is 0 Å². The van der Waals surface area contributed by atoms with E-state index < -0.39 is 17.7 Å². The van der Waals surface area contributed by atoms with Gasteiger partial charge in [-0.2, -0.15) is 13.2 Å². The molecule has 0 saturated heterocycles. The third-order valence-corrected chi connectivity index (χ3v) is 5.61. The number of nitrogens with zero attached hydrogens (tertiary/aromatic N) is 3. The molecule has 1 fully saturated rings. The summed E-state index contributed by atoms with van der Waals surface area (Å²) in [6, 6.07) is 13.0. The second-order valence-corrected chi connectivity index (χ2v) is 7.77. The van der Waals surface area contributed by atoms with Crippen molar-refractivity contribution in [2.24, 2.45) is 4.99 Å². The molecule has 2 aromatic rings. The summed E-state index contributed by atoms with van der Waals surface area (Å²) in [5, 5.41) is 2.34. The number of anilines is 1. The predicted molar refractivity (Wildman–Crippen MR) is 108 cm³/mol. The number of halogens is 3. The Morgan fingerprint density at radius 2 is 1.73 bits per heavy atom. The molecule has 5 nitrogen and oxygen atoms in total. The molecule has 1 aliphatic heterocycles. The maximum atomic E-state index is 14.4. The number of carbonyl (C=O) groups is 1. The van der Waals surface area contributed by atoms with Gasteiger partial charge in [0, 0.05) is 17.3 Å². The van der Waals surface area contributed by atoms with Crippen LogP contribution >= 0.6 is 0 Å². The van der Waals surface area contributed by atoms with Crippen LogP contribution in [0.1, 0.15) is 43.4 Å². The molecule has 1 aromatic heterocycles. The molecule has 1 atom stereocenters. The fourth-order valence-electron chi connectivity index (χ4n) is 4.13. The summed E-state index contributed by atoms with van der Waals surface area (Å²) in [4.78, 5) is 22.9. The van der Waals surface area contributed by atoms with Crippen LogP contribution in [-0.2, 0) is 4.79 Å². The van der Waals surface area contributed by atoms with Crippen LogP contribution < -0.4 is 5.32 Å². The molecule has 158 valence electrons. The highest BCUT2D eigenvalue weighted by Crippen LogP contribution is 2.42. The summed E-state index contributed by atoms with van der Waals surface area (Å²) in [6.07, 6.45) is -0.849. The van der Waals surface area contributed by atoms with Gasteiger partial charge in [0.15, 0.2) is 0 Å². The molecule has 1 aromatic carbocycles. The van der Waals surface area contributed by atoms with Gasteiger partial charge in [-0.1, -0.05) is 55.7 Å². The van der Waals surface area contributed by atoms with Crippen molar-refractivity contribution in [1.29, 1.82) is 0 Å². The number of hydrogen-bond donors (Lipinski definition) is 1. The number of nitrogens with one attached hydrogen (secondary N) is 1. The maximum absolute atomic E-state index is 14.4. The molecule has 4 rings (SSSR count). The molecule has 30 heavy (non-hydrogen) atoms. The highest BCUT2D eigenvalue weighted by Gasteiger charge is 2.67. The lowest BCUT2D eigenvalue weighted by Crippen LogP contribution is -2.59. The number of hydrogen-bond acceptors (Lipinski definition) is 4. The maximum Gasteiger partial charge on any atom is 0.442 e. The Balaban J connectivity index is 1.84. The van der Waals surface area contributed by atoms with Crippen molar-refractivity contribution in [3.05, 3.63) is 59.8 Å². The van der Waals surface area contributed by atoms with Crippen molar-refractivity contribution in [1.82, 2.24) is 9.88 Å². The third-order valence-electron chi connectivity index (χ3n) is 5.61. The van der Waals surface area contributed by atoms with Gasteiger partial charge in [0.25, 0.3) is 5.91 Å². The molecular weight excluding hydrogens is 393 g/mol. The minimum Gasteiger partial charge on any atom is -0.331 e. The largest absolute Gasteiger partial charge is 0.442 e. The molecule has 1 N–H and O–H groups in total. The number of pyridine rings is 1. The van der Waals surface area contributed by atoms with E-state index in [1.807, 2.05) is 0 Å². The average molecular weight is 416 g/mol. The van der Waals surface area contributed by atoms with Gasteiger partial charge in [-0.3, -0.25) is 9.69 Å². The molecule has 2 heterocycles. The number of carbonyl (C=O) groups excluding carboxylic acids is 1. The van der Waals surface area contributed by atoms with E-state index in [9.17, 15) is 18.0 Å². The lowest BCUT2D eigenvalue weighted by molar-refractivity contribution is -0.186. The summed E-state index contributed by atoms with van der Waals surface area (Å²) in [5.74, 6) is -1.07. The lowest BCUT2D eigenvalue weighted by Gasteiger charge is -2.34. The van der Waals surface area contributed by atoms with E-state index in [0.717, 1.165) is 19.3 Å². The van der Waals surface area contributed by atoms with Crippen LogP contribution in [0, 0.1) is 6.92 Å². The van der Waals surface area contributed by atoms with Crippen LogP contribution in [0.4, 0.5) is 19.0 Å². The number of rotatable bonds is 4.